The molecule has 0 saturated heterocycles. The van der Waals surface area contributed by atoms with Crippen molar-refractivity contribution in [2.24, 2.45) is 0 Å². The van der Waals surface area contributed by atoms with E-state index in [-0.39, 0.29) is 4.87 Å². The van der Waals surface area contributed by atoms with Crippen molar-refractivity contribution in [1.29, 1.82) is 0 Å². The van der Waals surface area contributed by atoms with Crippen LogP contribution in [0.1, 0.15) is 47.1 Å². The lowest BCUT2D eigenvalue weighted by Gasteiger charge is -2.11. The second-order valence-electron chi connectivity index (χ2n) is 9.08. The SMILES string of the molecule is CCCCc1nn(-c2ccccc2Cl)c(C(=O)OC)c1Cc1ccc(-c2ccccc2-c2nc(=O)s[nH]2)cc1. The third-order valence-electron chi connectivity index (χ3n) is 6.56. The number of methoxy groups -OCH3 is 1. The summed E-state index contributed by atoms with van der Waals surface area (Å²) >= 11 is 7.48. The molecule has 2 aromatic heterocycles. The summed E-state index contributed by atoms with van der Waals surface area (Å²) in [5, 5.41) is 5.36. The van der Waals surface area contributed by atoms with Crippen molar-refractivity contribution in [3.8, 4) is 28.2 Å². The second kappa shape index (κ2) is 11.8. The molecule has 0 fully saturated rings. The normalized spacial score (nSPS) is 11.1. The highest BCUT2D eigenvalue weighted by Crippen LogP contribution is 2.32. The van der Waals surface area contributed by atoms with E-state index >= 15 is 0 Å². The van der Waals surface area contributed by atoms with Gasteiger partial charge in [-0.3, -0.25) is 9.17 Å². The third-order valence-corrected chi connectivity index (χ3v) is 7.44. The van der Waals surface area contributed by atoms with E-state index in [1.54, 1.807) is 10.7 Å². The Kier molecular flexibility index (Phi) is 8.05. The fourth-order valence-corrected chi connectivity index (χ4v) is 5.31. The maximum absolute atomic E-state index is 13.1. The average Bonchev–Trinajstić information content (AvgIpc) is 3.55. The molecule has 9 heteroatoms. The fourth-order valence-electron chi connectivity index (χ4n) is 4.62. The second-order valence-corrected chi connectivity index (χ2v) is 10.2. The standard InChI is InChI=1S/C30H27ClN4O3S/c1-3-4-12-25-23(27(29(36)38-2)35(33-25)26-13-8-7-11-24(26)31)18-19-14-16-20(17-15-19)21-9-5-6-10-22(21)28-32-30(37)39-34-28/h5-11,13-17H,3-4,12,18H2,1-2H3,(H,32,34,37). The van der Waals surface area contributed by atoms with Crippen molar-refractivity contribution in [1.82, 2.24) is 19.1 Å². The lowest BCUT2D eigenvalue weighted by atomic mass is 9.95. The molecule has 3 aromatic carbocycles. The third kappa shape index (κ3) is 5.57. The molecule has 5 aromatic rings. The van der Waals surface area contributed by atoms with Crippen LogP contribution in [-0.2, 0) is 17.6 Å². The number of unbranched alkanes of at least 4 members (excludes halogenated alkanes) is 1. The molecule has 0 radical (unpaired) electrons. The van der Waals surface area contributed by atoms with Crippen molar-refractivity contribution in [2.75, 3.05) is 7.11 Å². The Morgan fingerprint density at radius 3 is 2.41 bits per heavy atom. The molecule has 0 atom stereocenters. The molecule has 7 nitrogen and oxygen atoms in total. The van der Waals surface area contributed by atoms with Gasteiger partial charge in [-0.05, 0) is 41.7 Å². The first-order valence-electron chi connectivity index (χ1n) is 12.7. The van der Waals surface area contributed by atoms with E-state index in [2.05, 4.69) is 16.3 Å². The van der Waals surface area contributed by atoms with Crippen LogP contribution in [0.5, 0.6) is 0 Å². The number of halogens is 1. The van der Waals surface area contributed by atoms with E-state index < -0.39 is 5.97 Å². The van der Waals surface area contributed by atoms with Crippen LogP contribution in [-0.4, -0.2) is 32.2 Å². The predicted molar refractivity (Wildman–Crippen MR) is 155 cm³/mol. The van der Waals surface area contributed by atoms with Crippen LogP contribution in [0.15, 0.2) is 77.6 Å². The Morgan fingerprint density at radius 2 is 1.74 bits per heavy atom. The highest BCUT2D eigenvalue weighted by atomic mass is 35.5. The van der Waals surface area contributed by atoms with E-state index in [0.29, 0.717) is 28.6 Å². The molecule has 0 bridgehead atoms. The number of nitrogens with one attached hydrogen (secondary N) is 1. The van der Waals surface area contributed by atoms with Gasteiger partial charge in [-0.2, -0.15) is 10.1 Å². The van der Waals surface area contributed by atoms with Crippen LogP contribution in [0.4, 0.5) is 0 Å². The maximum atomic E-state index is 13.1. The molecule has 0 unspecified atom stereocenters. The van der Waals surface area contributed by atoms with E-state index in [0.717, 1.165) is 64.3 Å². The molecule has 198 valence electrons. The molecule has 0 aliphatic carbocycles. The largest absolute Gasteiger partial charge is 0.464 e. The molecule has 0 aliphatic heterocycles. The molecule has 0 spiro atoms. The van der Waals surface area contributed by atoms with Gasteiger partial charge >= 0.3 is 10.8 Å². The van der Waals surface area contributed by atoms with Crippen LogP contribution in [0, 0.1) is 0 Å². The topological polar surface area (TPSA) is 89.9 Å². The zero-order chi connectivity index (χ0) is 27.4. The zero-order valence-electron chi connectivity index (χ0n) is 21.6. The monoisotopic (exact) mass is 558 g/mol. The minimum atomic E-state index is -0.456. The smallest absolute Gasteiger partial charge is 0.357 e. The number of ether oxygens (including phenoxy) is 1. The first-order valence-corrected chi connectivity index (χ1v) is 13.9. The van der Waals surface area contributed by atoms with Crippen LogP contribution in [0.2, 0.25) is 5.02 Å². The number of hydrogen-bond acceptors (Lipinski definition) is 6. The molecular formula is C30H27ClN4O3S. The van der Waals surface area contributed by atoms with Crippen molar-refractivity contribution in [3.63, 3.8) is 0 Å². The number of esters is 1. The van der Waals surface area contributed by atoms with Crippen molar-refractivity contribution < 1.29 is 9.53 Å². The molecule has 2 heterocycles. The summed E-state index contributed by atoms with van der Waals surface area (Å²) in [6.07, 6.45) is 3.20. The Hall–Kier alpha value is -4.01. The Bertz CT molecular complexity index is 1670. The van der Waals surface area contributed by atoms with E-state index in [1.807, 2.05) is 66.7 Å². The molecule has 0 saturated carbocycles. The molecule has 0 aliphatic rings. The summed E-state index contributed by atoms with van der Waals surface area (Å²) in [4.78, 5) is 28.6. The summed E-state index contributed by atoms with van der Waals surface area (Å²) in [5.41, 5.74) is 6.57. The number of nitrogens with zero attached hydrogens (tertiary/aromatic N) is 3. The minimum absolute atomic E-state index is 0.257. The quantitative estimate of drug-likeness (QED) is 0.203. The number of para-hydroxylation sites is 1. The average molecular weight is 559 g/mol. The fraction of sp³-hybridized carbons (Fsp3) is 0.200. The van der Waals surface area contributed by atoms with Gasteiger partial charge in [0.15, 0.2) is 11.5 Å². The molecule has 39 heavy (non-hydrogen) atoms. The first kappa shape index (κ1) is 26.6. The van der Waals surface area contributed by atoms with Gasteiger partial charge in [-0.15, -0.1) is 0 Å². The number of hydrogen-bond donors (Lipinski definition) is 1. The van der Waals surface area contributed by atoms with Gasteiger partial charge in [0, 0.05) is 29.1 Å². The van der Waals surface area contributed by atoms with E-state index in [1.165, 1.54) is 7.11 Å². The lowest BCUT2D eigenvalue weighted by Crippen LogP contribution is -2.13. The number of aromatic amines is 1. The van der Waals surface area contributed by atoms with Gasteiger partial charge < -0.3 is 4.74 Å². The van der Waals surface area contributed by atoms with Crippen LogP contribution in [0.25, 0.3) is 28.2 Å². The molecular weight excluding hydrogens is 532 g/mol. The van der Waals surface area contributed by atoms with Crippen LogP contribution in [0.3, 0.4) is 0 Å². The summed E-state index contributed by atoms with van der Waals surface area (Å²) in [6, 6.07) is 23.4. The minimum Gasteiger partial charge on any atom is -0.464 e. The van der Waals surface area contributed by atoms with E-state index in [4.69, 9.17) is 21.4 Å². The van der Waals surface area contributed by atoms with Gasteiger partial charge in [-0.1, -0.05) is 85.6 Å². The number of carbonyl (C=O) groups excluding carboxylic acids is 1. The van der Waals surface area contributed by atoms with Crippen LogP contribution < -0.4 is 4.87 Å². The van der Waals surface area contributed by atoms with Gasteiger partial charge in [0.25, 0.3) is 0 Å². The Labute approximate surface area is 235 Å². The predicted octanol–water partition coefficient (Wildman–Crippen LogP) is 6.72. The van der Waals surface area contributed by atoms with Crippen molar-refractivity contribution in [3.05, 3.63) is 110 Å². The first-order chi connectivity index (χ1) is 19.0. The zero-order valence-corrected chi connectivity index (χ0v) is 23.2. The summed E-state index contributed by atoms with van der Waals surface area (Å²) in [6.45, 7) is 2.13. The Morgan fingerprint density at radius 1 is 1.03 bits per heavy atom. The molecule has 0 amide bonds. The number of carbonyl (C=O) groups is 1. The summed E-state index contributed by atoms with van der Waals surface area (Å²) in [7, 11) is 1.38. The summed E-state index contributed by atoms with van der Waals surface area (Å²) in [5.74, 6) is 0.0999. The van der Waals surface area contributed by atoms with Gasteiger partial charge in [-0.25, -0.2) is 9.48 Å². The Balaban J connectivity index is 1.54. The maximum Gasteiger partial charge on any atom is 0.357 e. The number of H-pyrrole nitrogens is 1. The lowest BCUT2D eigenvalue weighted by molar-refractivity contribution is 0.0589. The van der Waals surface area contributed by atoms with Crippen LogP contribution >= 0.6 is 23.1 Å². The molecule has 1 N–H and O–H groups in total. The highest BCUT2D eigenvalue weighted by molar-refractivity contribution is 7.03. The van der Waals surface area contributed by atoms with Crippen molar-refractivity contribution >= 4 is 29.1 Å². The van der Waals surface area contributed by atoms with Gasteiger partial charge in [0.05, 0.1) is 23.5 Å². The number of aromatic nitrogens is 4. The van der Waals surface area contributed by atoms with Gasteiger partial charge in [0.2, 0.25) is 0 Å². The molecule has 5 rings (SSSR count). The number of benzene rings is 3. The number of aryl methyl sites for hydroxylation is 1. The highest BCUT2D eigenvalue weighted by Gasteiger charge is 2.26. The van der Waals surface area contributed by atoms with Gasteiger partial charge in [0.1, 0.15) is 0 Å². The summed E-state index contributed by atoms with van der Waals surface area (Å²) < 4.78 is 9.81. The van der Waals surface area contributed by atoms with Crippen molar-refractivity contribution in [2.45, 2.75) is 32.6 Å². The number of rotatable bonds is 9. The van der Waals surface area contributed by atoms with E-state index in [9.17, 15) is 9.59 Å².